The summed E-state index contributed by atoms with van der Waals surface area (Å²) in [5, 5.41) is 3.25. The molecule has 4 nitrogen and oxygen atoms in total. The van der Waals surface area contributed by atoms with Crippen LogP contribution >= 0.6 is 46.4 Å². The summed E-state index contributed by atoms with van der Waals surface area (Å²) in [6, 6.07) is 4.62. The van der Waals surface area contributed by atoms with E-state index in [1.165, 1.54) is 6.07 Å². The Hall–Kier alpha value is -0.680. The van der Waals surface area contributed by atoms with Crippen LogP contribution in [-0.2, 0) is 14.3 Å². The first-order valence-corrected chi connectivity index (χ1v) is 7.47. The maximum Gasteiger partial charge on any atom is 0.315 e. The van der Waals surface area contributed by atoms with Gasteiger partial charge in [0.1, 0.15) is 9.75 Å². The van der Waals surface area contributed by atoms with Gasteiger partial charge in [-0.1, -0.05) is 23.2 Å². The summed E-state index contributed by atoms with van der Waals surface area (Å²) >= 11 is 23.4. The number of halogens is 4. The van der Waals surface area contributed by atoms with Gasteiger partial charge in [0.05, 0.1) is 10.7 Å². The smallest absolute Gasteiger partial charge is 0.315 e. The van der Waals surface area contributed by atoms with Gasteiger partial charge in [-0.3, -0.25) is 9.59 Å². The van der Waals surface area contributed by atoms with E-state index in [1.807, 2.05) is 0 Å². The third-order valence-electron chi connectivity index (χ3n) is 3.25. The summed E-state index contributed by atoms with van der Waals surface area (Å²) < 4.78 is 3.79. The fourth-order valence-electron chi connectivity index (χ4n) is 1.69. The van der Waals surface area contributed by atoms with Gasteiger partial charge < -0.3 is 10.1 Å². The van der Waals surface area contributed by atoms with Crippen molar-refractivity contribution in [2.45, 2.75) is 17.7 Å². The Morgan fingerprint density at radius 1 is 1.33 bits per heavy atom. The Morgan fingerprint density at radius 2 is 1.95 bits per heavy atom. The molecule has 0 aliphatic heterocycles. The van der Waals surface area contributed by atoms with Crippen LogP contribution in [0.2, 0.25) is 10.0 Å². The fourth-order valence-corrected chi connectivity index (χ4v) is 2.83. The number of benzene rings is 1. The van der Waals surface area contributed by atoms with Gasteiger partial charge in [0.15, 0.2) is 6.61 Å². The molecule has 114 valence electrons. The molecule has 1 aliphatic rings. The van der Waals surface area contributed by atoms with Gasteiger partial charge in [-0.25, -0.2) is 0 Å². The topological polar surface area (TPSA) is 55.4 Å². The summed E-state index contributed by atoms with van der Waals surface area (Å²) in [4.78, 5) is 23.5. The molecule has 0 unspecified atom stereocenters. The molecule has 2 rings (SSSR count). The maximum atomic E-state index is 11.8. The molecule has 8 heteroatoms. The molecule has 0 aromatic heterocycles. The summed E-state index contributed by atoms with van der Waals surface area (Å²) in [5.41, 5.74) is -0.585. The highest BCUT2D eigenvalue weighted by Crippen LogP contribution is 2.64. The van der Waals surface area contributed by atoms with E-state index in [4.69, 9.17) is 51.1 Å². The SMILES string of the molecule is C[C@@]1(C(=O)OCC(=O)Nc2ccc(Cl)cc2Cl)CC1(Cl)Cl. The van der Waals surface area contributed by atoms with Crippen LogP contribution in [0.4, 0.5) is 5.69 Å². The molecule has 1 amide bonds. The molecular weight excluding hydrogens is 360 g/mol. The predicted octanol–water partition coefficient (Wildman–Crippen LogP) is 4.06. The zero-order valence-electron chi connectivity index (χ0n) is 10.9. The molecule has 1 fully saturated rings. The van der Waals surface area contributed by atoms with Gasteiger partial charge in [0.2, 0.25) is 0 Å². The van der Waals surface area contributed by atoms with Crippen LogP contribution in [-0.4, -0.2) is 22.8 Å². The monoisotopic (exact) mass is 369 g/mol. The molecule has 1 N–H and O–H groups in total. The van der Waals surface area contributed by atoms with Crippen molar-refractivity contribution in [1.82, 2.24) is 0 Å². The number of ether oxygens (including phenoxy) is 1. The van der Waals surface area contributed by atoms with Crippen LogP contribution in [0.1, 0.15) is 13.3 Å². The Kier molecular flexibility index (Phi) is 4.64. The highest BCUT2D eigenvalue weighted by Gasteiger charge is 2.69. The largest absolute Gasteiger partial charge is 0.455 e. The minimum Gasteiger partial charge on any atom is -0.455 e. The first kappa shape index (κ1) is 16.7. The maximum absolute atomic E-state index is 11.8. The Bertz CT molecular complexity index is 605. The molecule has 0 radical (unpaired) electrons. The normalized spacial score (nSPS) is 22.5. The van der Waals surface area contributed by atoms with E-state index in [-0.39, 0.29) is 5.02 Å². The number of alkyl halides is 2. The zero-order valence-corrected chi connectivity index (χ0v) is 13.9. The molecule has 1 saturated carbocycles. The highest BCUT2D eigenvalue weighted by molar-refractivity contribution is 6.53. The number of rotatable bonds is 4. The second-order valence-corrected chi connectivity index (χ2v) is 7.29. The van der Waals surface area contributed by atoms with Crippen molar-refractivity contribution in [3.63, 3.8) is 0 Å². The quantitative estimate of drug-likeness (QED) is 0.642. The van der Waals surface area contributed by atoms with E-state index in [2.05, 4.69) is 5.32 Å². The molecule has 0 spiro atoms. The van der Waals surface area contributed by atoms with E-state index in [0.717, 1.165) is 0 Å². The minimum absolute atomic E-state index is 0.289. The van der Waals surface area contributed by atoms with Crippen molar-refractivity contribution in [2.75, 3.05) is 11.9 Å². The van der Waals surface area contributed by atoms with Gasteiger partial charge in [-0.2, -0.15) is 0 Å². The molecule has 1 aromatic rings. The van der Waals surface area contributed by atoms with E-state index < -0.39 is 28.2 Å². The van der Waals surface area contributed by atoms with Gasteiger partial charge in [-0.05, 0) is 25.1 Å². The molecular formula is C13H11Cl4NO3. The summed E-state index contributed by atoms with van der Waals surface area (Å²) in [6.07, 6.45) is 0.298. The molecule has 1 aromatic carbocycles. The van der Waals surface area contributed by atoms with Crippen molar-refractivity contribution in [3.8, 4) is 0 Å². The van der Waals surface area contributed by atoms with Crippen LogP contribution in [0.3, 0.4) is 0 Å². The minimum atomic E-state index is -1.12. The second-order valence-electron chi connectivity index (χ2n) is 4.96. The van der Waals surface area contributed by atoms with E-state index >= 15 is 0 Å². The third kappa shape index (κ3) is 3.57. The van der Waals surface area contributed by atoms with Gasteiger partial charge >= 0.3 is 5.97 Å². The zero-order chi connectivity index (χ0) is 15.8. The van der Waals surface area contributed by atoms with Crippen molar-refractivity contribution in [3.05, 3.63) is 28.2 Å². The lowest BCUT2D eigenvalue weighted by atomic mass is 10.1. The van der Waals surface area contributed by atoms with E-state index in [9.17, 15) is 9.59 Å². The van der Waals surface area contributed by atoms with Crippen LogP contribution in [0.5, 0.6) is 0 Å². The van der Waals surface area contributed by atoms with E-state index in [1.54, 1.807) is 19.1 Å². The lowest BCUT2D eigenvalue weighted by molar-refractivity contribution is -0.152. The van der Waals surface area contributed by atoms with Gasteiger partial charge in [0.25, 0.3) is 5.91 Å². The number of amides is 1. The third-order valence-corrected chi connectivity index (χ3v) is 4.90. The van der Waals surface area contributed by atoms with Crippen LogP contribution in [0.15, 0.2) is 18.2 Å². The first-order chi connectivity index (χ1) is 9.65. The van der Waals surface area contributed by atoms with Crippen LogP contribution < -0.4 is 5.32 Å². The number of nitrogens with one attached hydrogen (secondary N) is 1. The highest BCUT2D eigenvalue weighted by atomic mass is 35.5. The van der Waals surface area contributed by atoms with Crippen molar-refractivity contribution in [2.24, 2.45) is 5.41 Å². The van der Waals surface area contributed by atoms with Crippen molar-refractivity contribution < 1.29 is 14.3 Å². The van der Waals surface area contributed by atoms with Gasteiger partial charge in [0, 0.05) is 11.4 Å². The average Bonchev–Trinajstić information content (AvgIpc) is 2.90. The van der Waals surface area contributed by atoms with Crippen molar-refractivity contribution in [1.29, 1.82) is 0 Å². The van der Waals surface area contributed by atoms with E-state index in [0.29, 0.717) is 17.1 Å². The Morgan fingerprint density at radius 3 is 2.48 bits per heavy atom. The number of carbonyl (C=O) groups excluding carboxylic acids is 2. The predicted molar refractivity (Wildman–Crippen MR) is 83.2 cm³/mol. The number of hydrogen-bond acceptors (Lipinski definition) is 3. The number of anilines is 1. The van der Waals surface area contributed by atoms with Crippen molar-refractivity contribution >= 4 is 64.0 Å². The summed E-state index contributed by atoms with van der Waals surface area (Å²) in [5.74, 6) is -1.13. The standard InChI is InChI=1S/C13H11Cl4NO3/c1-12(6-13(12,16)17)11(20)21-5-10(19)18-9-3-2-7(14)4-8(9)15/h2-4H,5-6H2,1H3,(H,18,19)/t12-/m0/s1. The second kappa shape index (κ2) is 5.84. The molecule has 1 aliphatic carbocycles. The van der Waals surface area contributed by atoms with Crippen LogP contribution in [0, 0.1) is 5.41 Å². The molecule has 0 saturated heterocycles. The average molecular weight is 371 g/mol. The molecule has 1 atom stereocenters. The summed E-state index contributed by atoms with van der Waals surface area (Å²) in [6.45, 7) is 1.14. The Labute approximate surface area is 141 Å². The fraction of sp³-hybridized carbons (Fsp3) is 0.385. The lowest BCUT2D eigenvalue weighted by Gasteiger charge is -2.12. The summed E-state index contributed by atoms with van der Waals surface area (Å²) in [7, 11) is 0. The number of hydrogen-bond donors (Lipinski definition) is 1. The van der Waals surface area contributed by atoms with Gasteiger partial charge in [-0.15, -0.1) is 23.2 Å². The molecule has 21 heavy (non-hydrogen) atoms. The lowest BCUT2D eigenvalue weighted by Crippen LogP contribution is -2.26. The number of esters is 1. The molecule has 0 heterocycles. The molecule has 0 bridgehead atoms. The first-order valence-electron chi connectivity index (χ1n) is 5.96. The number of carbonyl (C=O) groups is 2. The van der Waals surface area contributed by atoms with Crippen LogP contribution in [0.25, 0.3) is 0 Å². The Balaban J connectivity index is 1.87.